The lowest BCUT2D eigenvalue weighted by atomic mass is 10.2. The summed E-state index contributed by atoms with van der Waals surface area (Å²) in [6, 6.07) is 0. The van der Waals surface area contributed by atoms with Gasteiger partial charge in [0, 0.05) is 31.4 Å². The molecule has 9 heteroatoms. The Morgan fingerprint density at radius 3 is 2.30 bits per heavy atom. The molecule has 0 unspecified atom stereocenters. The predicted octanol–water partition coefficient (Wildman–Crippen LogP) is 0.850. The molecule has 0 bridgehead atoms. The number of nitrogens with zero attached hydrogens (tertiary/aromatic N) is 1. The molecule has 0 aliphatic rings. The van der Waals surface area contributed by atoms with Gasteiger partial charge in [-0.15, -0.1) is 24.0 Å². The molecule has 0 fully saturated rings. The van der Waals surface area contributed by atoms with Crippen molar-refractivity contribution in [3.63, 3.8) is 0 Å². The van der Waals surface area contributed by atoms with E-state index in [9.17, 15) is 8.42 Å². The maximum Gasteiger partial charge on any atom is 0.208 e. The summed E-state index contributed by atoms with van der Waals surface area (Å²) in [5.41, 5.74) is 0. The van der Waals surface area contributed by atoms with Gasteiger partial charge in [-0.3, -0.25) is 4.99 Å². The van der Waals surface area contributed by atoms with Crippen LogP contribution >= 0.6 is 35.7 Å². The Morgan fingerprint density at radius 1 is 1.25 bits per heavy atom. The van der Waals surface area contributed by atoms with Crippen molar-refractivity contribution in [3.8, 4) is 0 Å². The summed E-state index contributed by atoms with van der Waals surface area (Å²) < 4.78 is 24.3. The molecule has 0 heterocycles. The lowest BCUT2D eigenvalue weighted by Crippen LogP contribution is -2.43. The van der Waals surface area contributed by atoms with Gasteiger partial charge in [0.1, 0.15) is 0 Å². The Bertz CT molecular complexity index is 386. The second-order valence-corrected chi connectivity index (χ2v) is 8.18. The van der Waals surface area contributed by atoms with Crippen LogP contribution in [-0.4, -0.2) is 58.3 Å². The van der Waals surface area contributed by atoms with Gasteiger partial charge in [-0.1, -0.05) is 0 Å². The number of halogens is 1. The number of hydrogen-bond donors (Lipinski definition) is 3. The Kier molecular flexibility index (Phi) is 12.3. The van der Waals surface area contributed by atoms with Crippen molar-refractivity contribution in [1.82, 2.24) is 15.4 Å². The van der Waals surface area contributed by atoms with Crippen molar-refractivity contribution in [2.75, 3.05) is 39.2 Å². The van der Waals surface area contributed by atoms with Crippen LogP contribution in [0, 0.1) is 0 Å². The van der Waals surface area contributed by atoms with Gasteiger partial charge in [-0.25, -0.2) is 13.1 Å². The van der Waals surface area contributed by atoms with Crippen molar-refractivity contribution >= 4 is 51.7 Å². The van der Waals surface area contributed by atoms with Crippen LogP contribution in [0.15, 0.2) is 4.99 Å². The second kappa shape index (κ2) is 10.9. The van der Waals surface area contributed by atoms with Crippen LogP contribution in [-0.2, 0) is 10.0 Å². The summed E-state index contributed by atoms with van der Waals surface area (Å²) in [5.74, 6) is 0.737. The van der Waals surface area contributed by atoms with E-state index in [0.29, 0.717) is 19.5 Å². The summed E-state index contributed by atoms with van der Waals surface area (Å²) in [5, 5.41) is 6.39. The molecule has 0 amide bonds. The molecule has 0 rings (SSSR count). The van der Waals surface area contributed by atoms with Crippen molar-refractivity contribution in [2.24, 2.45) is 4.99 Å². The SMILES string of the molecule is CN=C(NCCCNS(C)(=O)=O)NCC(C)(C)SC.I. The van der Waals surface area contributed by atoms with Crippen LogP contribution in [0.25, 0.3) is 0 Å². The topological polar surface area (TPSA) is 82.6 Å². The number of rotatable bonds is 8. The van der Waals surface area contributed by atoms with Gasteiger partial charge in [0.2, 0.25) is 10.0 Å². The quantitative estimate of drug-likeness (QED) is 0.227. The minimum Gasteiger partial charge on any atom is -0.356 e. The largest absolute Gasteiger partial charge is 0.356 e. The summed E-state index contributed by atoms with van der Waals surface area (Å²) in [6.07, 6.45) is 3.94. The second-order valence-electron chi connectivity index (χ2n) is 4.84. The van der Waals surface area contributed by atoms with Crippen LogP contribution < -0.4 is 15.4 Å². The highest BCUT2D eigenvalue weighted by Crippen LogP contribution is 2.19. The van der Waals surface area contributed by atoms with E-state index in [4.69, 9.17) is 0 Å². The summed E-state index contributed by atoms with van der Waals surface area (Å²) in [7, 11) is -1.37. The fraction of sp³-hybridized carbons (Fsp3) is 0.909. The van der Waals surface area contributed by atoms with Crippen LogP contribution in [0.5, 0.6) is 0 Å². The summed E-state index contributed by atoms with van der Waals surface area (Å²) in [4.78, 5) is 4.12. The number of thioether (sulfide) groups is 1. The minimum absolute atomic E-state index is 0. The maximum atomic E-state index is 10.9. The fourth-order valence-electron chi connectivity index (χ4n) is 1.14. The molecule has 0 aromatic carbocycles. The van der Waals surface area contributed by atoms with Crippen molar-refractivity contribution in [2.45, 2.75) is 25.0 Å². The number of nitrogens with one attached hydrogen (secondary N) is 3. The zero-order valence-electron chi connectivity index (χ0n) is 12.8. The molecule has 0 aromatic heterocycles. The molecule has 0 aromatic rings. The van der Waals surface area contributed by atoms with E-state index in [1.54, 1.807) is 18.8 Å². The lowest BCUT2D eigenvalue weighted by molar-refractivity contribution is 0.584. The van der Waals surface area contributed by atoms with E-state index < -0.39 is 10.0 Å². The van der Waals surface area contributed by atoms with Gasteiger partial charge in [-0.05, 0) is 26.5 Å². The third kappa shape index (κ3) is 13.3. The van der Waals surface area contributed by atoms with Gasteiger partial charge in [0.25, 0.3) is 0 Å². The molecule has 0 saturated carbocycles. The van der Waals surface area contributed by atoms with Gasteiger partial charge in [0.05, 0.1) is 6.26 Å². The summed E-state index contributed by atoms with van der Waals surface area (Å²) >= 11 is 1.79. The number of guanidine groups is 1. The van der Waals surface area contributed by atoms with Crippen LogP contribution in [0.4, 0.5) is 0 Å². The van der Waals surface area contributed by atoms with E-state index in [2.05, 4.69) is 40.5 Å². The van der Waals surface area contributed by atoms with Crippen molar-refractivity contribution in [1.29, 1.82) is 0 Å². The van der Waals surface area contributed by atoms with E-state index in [-0.39, 0.29) is 28.7 Å². The molecule has 0 aliphatic carbocycles. The summed E-state index contributed by atoms with van der Waals surface area (Å²) in [6.45, 7) is 6.23. The number of sulfonamides is 1. The Hall–Kier alpha value is 0.260. The highest BCUT2D eigenvalue weighted by atomic mass is 127. The lowest BCUT2D eigenvalue weighted by Gasteiger charge is -2.23. The molecule has 0 saturated heterocycles. The number of aliphatic imine (C=N–C) groups is 1. The fourth-order valence-corrected chi connectivity index (χ4v) is 1.87. The molecule has 6 nitrogen and oxygen atoms in total. The number of hydrogen-bond acceptors (Lipinski definition) is 4. The first-order valence-corrected chi connectivity index (χ1v) is 9.26. The molecular formula is C11H27IN4O2S2. The van der Waals surface area contributed by atoms with Crippen LogP contribution in [0.2, 0.25) is 0 Å². The standard InChI is InChI=1S/C11H26N4O2S2.HI/c1-11(2,18-4)9-14-10(12-3)13-7-6-8-15-19(5,16)17;/h15H,6-9H2,1-5H3,(H2,12,13,14);1H. The first-order chi connectivity index (χ1) is 8.70. The zero-order chi connectivity index (χ0) is 14.9. The van der Waals surface area contributed by atoms with E-state index >= 15 is 0 Å². The van der Waals surface area contributed by atoms with Gasteiger partial charge in [0.15, 0.2) is 5.96 Å². The van der Waals surface area contributed by atoms with E-state index in [1.165, 1.54) is 0 Å². The Labute approximate surface area is 144 Å². The first kappa shape index (κ1) is 22.5. The smallest absolute Gasteiger partial charge is 0.208 e. The molecule has 0 atom stereocenters. The highest BCUT2D eigenvalue weighted by Gasteiger charge is 2.15. The maximum absolute atomic E-state index is 10.9. The van der Waals surface area contributed by atoms with E-state index in [0.717, 1.165) is 18.8 Å². The zero-order valence-corrected chi connectivity index (χ0v) is 16.8. The molecule has 0 spiro atoms. The van der Waals surface area contributed by atoms with Gasteiger partial charge < -0.3 is 10.6 Å². The molecule has 3 N–H and O–H groups in total. The minimum atomic E-state index is -3.09. The third-order valence-corrected chi connectivity index (χ3v) is 4.45. The molecule has 20 heavy (non-hydrogen) atoms. The Balaban J connectivity index is 0. The van der Waals surface area contributed by atoms with Crippen LogP contribution in [0.3, 0.4) is 0 Å². The predicted molar refractivity (Wildman–Crippen MR) is 99.8 cm³/mol. The van der Waals surface area contributed by atoms with Crippen LogP contribution in [0.1, 0.15) is 20.3 Å². The molecular weight excluding hydrogens is 411 g/mol. The van der Waals surface area contributed by atoms with Crippen molar-refractivity contribution in [3.05, 3.63) is 0 Å². The Morgan fingerprint density at radius 2 is 1.85 bits per heavy atom. The average Bonchev–Trinajstić information content (AvgIpc) is 2.31. The third-order valence-electron chi connectivity index (χ3n) is 2.47. The van der Waals surface area contributed by atoms with Gasteiger partial charge in [-0.2, -0.15) is 11.8 Å². The average molecular weight is 438 g/mol. The normalized spacial score (nSPS) is 12.8. The highest BCUT2D eigenvalue weighted by molar-refractivity contribution is 14.0. The molecule has 122 valence electrons. The van der Waals surface area contributed by atoms with Gasteiger partial charge >= 0.3 is 0 Å². The monoisotopic (exact) mass is 438 g/mol. The molecule has 0 radical (unpaired) electrons. The first-order valence-electron chi connectivity index (χ1n) is 6.14. The van der Waals surface area contributed by atoms with Crippen molar-refractivity contribution < 1.29 is 8.42 Å². The van der Waals surface area contributed by atoms with E-state index in [1.807, 2.05) is 0 Å². The molecule has 0 aliphatic heterocycles.